The van der Waals surface area contributed by atoms with E-state index in [2.05, 4.69) is 12.0 Å². The lowest BCUT2D eigenvalue weighted by Gasteiger charge is -2.30. The van der Waals surface area contributed by atoms with E-state index >= 15 is 0 Å². The number of aryl methyl sites for hydroxylation is 1. The van der Waals surface area contributed by atoms with E-state index in [1.165, 1.54) is 16.9 Å². The zero-order chi connectivity index (χ0) is 16.4. The first-order chi connectivity index (χ1) is 10.4. The van der Waals surface area contributed by atoms with Crippen LogP contribution in [0, 0.1) is 13.8 Å². The fraction of sp³-hybridized carbons (Fsp3) is 0.625. The molecule has 6 nitrogen and oxygen atoms in total. The molecule has 122 valence electrons. The van der Waals surface area contributed by atoms with E-state index in [0.29, 0.717) is 22.5 Å². The van der Waals surface area contributed by atoms with Crippen molar-refractivity contribution in [3.05, 3.63) is 22.5 Å². The van der Waals surface area contributed by atoms with Crippen LogP contribution in [-0.4, -0.2) is 63.1 Å². The number of ether oxygens (including phenoxy) is 1. The van der Waals surface area contributed by atoms with Gasteiger partial charge in [0.1, 0.15) is 26.2 Å². The van der Waals surface area contributed by atoms with Crippen LogP contribution in [0.15, 0.2) is 0 Å². The van der Waals surface area contributed by atoms with Crippen molar-refractivity contribution in [2.24, 2.45) is 0 Å². The minimum Gasteiger partial charge on any atom is -0.465 e. The summed E-state index contributed by atoms with van der Waals surface area (Å²) in [5, 5.41) is 0. The number of quaternary nitrogens is 2. The number of methoxy groups -OCH3 is 1. The summed E-state index contributed by atoms with van der Waals surface area (Å²) < 4.78 is 4.80. The van der Waals surface area contributed by atoms with Crippen molar-refractivity contribution >= 4 is 11.8 Å². The molecule has 0 radical (unpaired) electrons. The van der Waals surface area contributed by atoms with Crippen molar-refractivity contribution in [2.45, 2.75) is 26.8 Å². The minimum absolute atomic E-state index is 0.0744. The van der Waals surface area contributed by atoms with E-state index in [-0.39, 0.29) is 11.8 Å². The van der Waals surface area contributed by atoms with Gasteiger partial charge in [-0.15, -0.1) is 0 Å². The third kappa shape index (κ3) is 3.08. The Morgan fingerprint density at radius 1 is 1.18 bits per heavy atom. The highest BCUT2D eigenvalue weighted by Crippen LogP contribution is 2.19. The van der Waals surface area contributed by atoms with Crippen LogP contribution < -0.4 is 9.80 Å². The second-order valence-corrected chi connectivity index (χ2v) is 6.32. The SMILES string of the molecule is COC(=O)c1c(C)[nH]c(C(=O)[C@@H](C)[NH+]2CC[NH+](C)CC2)c1C. The number of ketones is 1. The molecule has 1 atom stereocenters. The van der Waals surface area contributed by atoms with E-state index in [1.807, 2.05) is 6.92 Å². The predicted molar refractivity (Wildman–Crippen MR) is 82.7 cm³/mol. The van der Waals surface area contributed by atoms with Gasteiger partial charge in [0.05, 0.1) is 25.4 Å². The molecule has 1 aliphatic heterocycles. The number of likely N-dealkylation sites (N-methyl/N-ethyl adjacent to an activating group) is 1. The molecule has 1 saturated heterocycles. The van der Waals surface area contributed by atoms with Crippen LogP contribution >= 0.6 is 0 Å². The van der Waals surface area contributed by atoms with E-state index in [9.17, 15) is 9.59 Å². The molecule has 6 heteroatoms. The average Bonchev–Trinajstić information content (AvgIpc) is 2.80. The van der Waals surface area contributed by atoms with Gasteiger partial charge in [-0.1, -0.05) is 0 Å². The summed E-state index contributed by atoms with van der Waals surface area (Å²) >= 11 is 0. The van der Waals surface area contributed by atoms with Crippen LogP contribution in [-0.2, 0) is 4.74 Å². The number of aromatic amines is 1. The summed E-state index contributed by atoms with van der Waals surface area (Å²) in [6.45, 7) is 9.76. The van der Waals surface area contributed by atoms with Crippen molar-refractivity contribution in [3.8, 4) is 0 Å². The molecular formula is C16H27N3O3+2. The number of carbonyl (C=O) groups is 2. The van der Waals surface area contributed by atoms with Crippen LogP contribution in [0.1, 0.15) is 39.0 Å². The van der Waals surface area contributed by atoms with Crippen molar-refractivity contribution in [3.63, 3.8) is 0 Å². The number of rotatable bonds is 4. The van der Waals surface area contributed by atoms with Crippen LogP contribution in [0.2, 0.25) is 0 Å². The molecule has 0 aliphatic carbocycles. The number of nitrogens with one attached hydrogen (secondary N) is 3. The second kappa shape index (κ2) is 6.62. The Labute approximate surface area is 131 Å². The number of hydrogen-bond acceptors (Lipinski definition) is 3. The summed E-state index contributed by atoms with van der Waals surface area (Å²) in [5.41, 5.74) is 2.41. The van der Waals surface area contributed by atoms with Crippen molar-refractivity contribution in [2.75, 3.05) is 40.3 Å². The van der Waals surface area contributed by atoms with E-state index in [0.717, 1.165) is 26.2 Å². The molecule has 2 heterocycles. The zero-order valence-corrected chi connectivity index (χ0v) is 14.1. The standard InChI is InChI=1S/C16H25N3O3/c1-10-13(16(21)22-5)11(2)17-14(10)15(20)12(3)19-8-6-18(4)7-9-19/h12,17H,6-9H2,1-5H3/p+2/t12-/m1/s1. The lowest BCUT2D eigenvalue weighted by atomic mass is 10.0. The van der Waals surface area contributed by atoms with Crippen LogP contribution in [0.3, 0.4) is 0 Å². The number of piperazine rings is 1. The lowest BCUT2D eigenvalue weighted by Crippen LogP contribution is -3.29. The van der Waals surface area contributed by atoms with E-state index < -0.39 is 5.97 Å². The fourth-order valence-electron chi connectivity index (χ4n) is 3.24. The molecule has 1 aliphatic rings. The van der Waals surface area contributed by atoms with Gasteiger partial charge in [-0.2, -0.15) is 0 Å². The summed E-state index contributed by atoms with van der Waals surface area (Å²) in [5.74, 6) is -0.321. The van der Waals surface area contributed by atoms with Crippen LogP contribution in [0.25, 0.3) is 0 Å². The van der Waals surface area contributed by atoms with E-state index in [1.54, 1.807) is 13.8 Å². The number of carbonyl (C=O) groups excluding carboxylic acids is 2. The van der Waals surface area contributed by atoms with Gasteiger partial charge in [0, 0.05) is 5.69 Å². The van der Waals surface area contributed by atoms with Crippen LogP contribution in [0.4, 0.5) is 0 Å². The number of hydrogen-bond donors (Lipinski definition) is 3. The Bertz CT molecular complexity index is 571. The van der Waals surface area contributed by atoms with Crippen LogP contribution in [0.5, 0.6) is 0 Å². The molecule has 22 heavy (non-hydrogen) atoms. The molecule has 0 aromatic carbocycles. The van der Waals surface area contributed by atoms with Crippen molar-refractivity contribution < 1.29 is 24.1 Å². The topological polar surface area (TPSA) is 68.0 Å². The molecule has 1 aromatic heterocycles. The first-order valence-electron chi connectivity index (χ1n) is 7.84. The maximum atomic E-state index is 12.8. The Kier molecular flexibility index (Phi) is 5.03. The van der Waals surface area contributed by atoms with Gasteiger partial charge in [0.2, 0.25) is 5.78 Å². The van der Waals surface area contributed by atoms with Gasteiger partial charge >= 0.3 is 5.97 Å². The highest BCUT2D eigenvalue weighted by molar-refractivity contribution is 6.03. The molecule has 0 unspecified atom stereocenters. The molecule has 3 N–H and O–H groups in total. The largest absolute Gasteiger partial charge is 0.465 e. The minimum atomic E-state index is -0.395. The summed E-state index contributed by atoms with van der Waals surface area (Å²) in [4.78, 5) is 30.6. The van der Waals surface area contributed by atoms with Gasteiger partial charge in [-0.3, -0.25) is 4.79 Å². The fourth-order valence-corrected chi connectivity index (χ4v) is 3.24. The maximum absolute atomic E-state index is 12.8. The Morgan fingerprint density at radius 3 is 2.32 bits per heavy atom. The third-order valence-electron chi connectivity index (χ3n) is 4.82. The molecule has 1 fully saturated rings. The molecule has 0 saturated carbocycles. The van der Waals surface area contributed by atoms with Gasteiger partial charge in [-0.25, -0.2) is 4.79 Å². The Balaban J connectivity index is 2.21. The highest BCUT2D eigenvalue weighted by Gasteiger charge is 2.33. The molecule has 1 aromatic rings. The van der Waals surface area contributed by atoms with E-state index in [4.69, 9.17) is 4.74 Å². The summed E-state index contributed by atoms with van der Waals surface area (Å²) in [6, 6.07) is -0.102. The number of aromatic nitrogens is 1. The Morgan fingerprint density at radius 2 is 1.77 bits per heavy atom. The summed E-state index contributed by atoms with van der Waals surface area (Å²) in [7, 11) is 3.54. The number of H-pyrrole nitrogens is 1. The molecular weight excluding hydrogens is 282 g/mol. The highest BCUT2D eigenvalue weighted by atomic mass is 16.5. The second-order valence-electron chi connectivity index (χ2n) is 6.32. The quantitative estimate of drug-likeness (QED) is 0.464. The first kappa shape index (κ1) is 16.7. The number of Topliss-reactive ketones (excluding diaryl/α,β-unsaturated/α-hetero) is 1. The van der Waals surface area contributed by atoms with Gasteiger partial charge in [0.15, 0.2) is 6.04 Å². The number of esters is 1. The molecule has 0 amide bonds. The van der Waals surface area contributed by atoms with Crippen molar-refractivity contribution in [1.29, 1.82) is 0 Å². The first-order valence-corrected chi connectivity index (χ1v) is 7.84. The third-order valence-corrected chi connectivity index (χ3v) is 4.82. The lowest BCUT2D eigenvalue weighted by molar-refractivity contribution is -1.01. The smallest absolute Gasteiger partial charge is 0.339 e. The summed E-state index contributed by atoms with van der Waals surface area (Å²) in [6.07, 6.45) is 0. The van der Waals surface area contributed by atoms with Gasteiger partial charge < -0.3 is 19.5 Å². The average molecular weight is 309 g/mol. The maximum Gasteiger partial charge on any atom is 0.339 e. The molecule has 0 spiro atoms. The molecule has 2 rings (SSSR count). The zero-order valence-electron chi connectivity index (χ0n) is 14.1. The van der Waals surface area contributed by atoms with Gasteiger partial charge in [-0.05, 0) is 26.3 Å². The van der Waals surface area contributed by atoms with Crippen molar-refractivity contribution in [1.82, 2.24) is 4.98 Å². The Hall–Kier alpha value is -1.66. The normalized spacial score (nSPS) is 23.1. The monoisotopic (exact) mass is 309 g/mol. The van der Waals surface area contributed by atoms with Gasteiger partial charge in [0.25, 0.3) is 0 Å². The molecule has 0 bridgehead atoms. The predicted octanol–water partition coefficient (Wildman–Crippen LogP) is -1.60.